The van der Waals surface area contributed by atoms with Crippen molar-refractivity contribution < 1.29 is 9.53 Å². The fraction of sp³-hybridized carbons (Fsp3) is 0.500. The van der Waals surface area contributed by atoms with Crippen LogP contribution in [0.15, 0.2) is 32.9 Å². The Hall–Kier alpha value is -1.25. The predicted octanol–water partition coefficient (Wildman–Crippen LogP) is 4.19. The molecule has 1 aliphatic heterocycles. The fourth-order valence-corrected chi connectivity index (χ4v) is 5.69. The van der Waals surface area contributed by atoms with Crippen LogP contribution in [-0.2, 0) is 10.5 Å². The molecule has 140 valence electrons. The number of hydrogen-bond acceptors (Lipinski definition) is 7. The van der Waals surface area contributed by atoms with Gasteiger partial charge in [-0.05, 0) is 36.5 Å². The molecule has 3 rings (SSSR count). The van der Waals surface area contributed by atoms with Crippen molar-refractivity contribution >= 4 is 40.8 Å². The first kappa shape index (κ1) is 19.5. The topological polar surface area (TPSA) is 55.3 Å². The summed E-state index contributed by atoms with van der Waals surface area (Å²) in [5.41, 5.74) is 1.22. The molecule has 1 aromatic heterocycles. The lowest BCUT2D eigenvalue weighted by atomic mass is 10.0. The van der Waals surface area contributed by atoms with E-state index in [1.807, 2.05) is 17.0 Å². The van der Waals surface area contributed by atoms with Gasteiger partial charge in [-0.15, -0.1) is 10.2 Å². The summed E-state index contributed by atoms with van der Waals surface area (Å²) in [5.74, 6) is 2.98. The zero-order valence-corrected chi connectivity index (χ0v) is 17.5. The SMILES string of the molecule is COc1ccc(CSc2nnc(SCC(=O)N3CCCC(C)C3)s2)cc1. The number of rotatable bonds is 7. The number of carbonyl (C=O) groups is 1. The summed E-state index contributed by atoms with van der Waals surface area (Å²) in [4.78, 5) is 14.3. The van der Waals surface area contributed by atoms with E-state index in [1.54, 1.807) is 30.2 Å². The minimum absolute atomic E-state index is 0.212. The Kier molecular flexibility index (Phi) is 7.22. The van der Waals surface area contributed by atoms with Gasteiger partial charge in [-0.2, -0.15) is 0 Å². The van der Waals surface area contributed by atoms with Crippen LogP contribution in [0.3, 0.4) is 0 Å². The summed E-state index contributed by atoms with van der Waals surface area (Å²) >= 11 is 4.72. The van der Waals surface area contributed by atoms with E-state index in [0.29, 0.717) is 11.7 Å². The third-order valence-electron chi connectivity index (χ3n) is 4.24. The lowest BCUT2D eigenvalue weighted by molar-refractivity contribution is -0.130. The standard InChI is InChI=1S/C18H23N3O2S3/c1-13-4-3-9-21(10-13)16(22)12-25-18-20-19-17(26-18)24-11-14-5-7-15(23-2)8-6-14/h5-8,13H,3-4,9-12H2,1-2H3. The molecular formula is C18H23N3O2S3. The highest BCUT2D eigenvalue weighted by molar-refractivity contribution is 8.03. The van der Waals surface area contributed by atoms with E-state index < -0.39 is 0 Å². The van der Waals surface area contributed by atoms with Crippen LogP contribution < -0.4 is 4.74 Å². The Morgan fingerprint density at radius 1 is 1.27 bits per heavy atom. The minimum Gasteiger partial charge on any atom is -0.497 e. The van der Waals surface area contributed by atoms with Gasteiger partial charge in [0.05, 0.1) is 12.9 Å². The number of aromatic nitrogens is 2. The average Bonchev–Trinajstić information content (AvgIpc) is 3.13. The molecule has 0 aliphatic carbocycles. The molecule has 0 N–H and O–H groups in total. The summed E-state index contributed by atoms with van der Waals surface area (Å²) in [6.45, 7) is 3.99. The highest BCUT2D eigenvalue weighted by Crippen LogP contribution is 2.31. The van der Waals surface area contributed by atoms with Gasteiger partial charge in [0.1, 0.15) is 5.75 Å². The molecule has 2 aromatic rings. The second-order valence-electron chi connectivity index (χ2n) is 6.35. The highest BCUT2D eigenvalue weighted by atomic mass is 32.2. The van der Waals surface area contributed by atoms with Gasteiger partial charge in [-0.25, -0.2) is 0 Å². The fourth-order valence-electron chi connectivity index (χ4n) is 2.81. The van der Waals surface area contributed by atoms with Crippen LogP contribution >= 0.6 is 34.9 Å². The maximum atomic E-state index is 12.3. The molecule has 1 atom stereocenters. The quantitative estimate of drug-likeness (QED) is 0.639. The van der Waals surface area contributed by atoms with E-state index >= 15 is 0 Å². The van der Waals surface area contributed by atoms with Crippen molar-refractivity contribution in [2.24, 2.45) is 5.92 Å². The van der Waals surface area contributed by atoms with E-state index in [-0.39, 0.29) is 5.91 Å². The normalized spacial score (nSPS) is 17.3. The molecule has 0 spiro atoms. The van der Waals surface area contributed by atoms with E-state index in [2.05, 4.69) is 29.3 Å². The van der Waals surface area contributed by atoms with Gasteiger partial charge < -0.3 is 9.64 Å². The van der Waals surface area contributed by atoms with E-state index in [0.717, 1.165) is 39.7 Å². The minimum atomic E-state index is 0.212. The largest absolute Gasteiger partial charge is 0.497 e. The maximum Gasteiger partial charge on any atom is 0.233 e. The zero-order chi connectivity index (χ0) is 18.4. The number of piperidine rings is 1. The molecule has 1 aromatic carbocycles. The van der Waals surface area contributed by atoms with Crippen molar-refractivity contribution in [2.75, 3.05) is 26.0 Å². The Morgan fingerprint density at radius 2 is 2.00 bits per heavy atom. The number of ether oxygens (including phenoxy) is 1. The van der Waals surface area contributed by atoms with Crippen LogP contribution in [0.5, 0.6) is 5.75 Å². The number of thioether (sulfide) groups is 2. The molecule has 0 bridgehead atoms. The van der Waals surface area contributed by atoms with Crippen molar-refractivity contribution in [3.05, 3.63) is 29.8 Å². The first-order chi connectivity index (χ1) is 12.6. The second kappa shape index (κ2) is 9.62. The van der Waals surface area contributed by atoms with Crippen molar-refractivity contribution in [3.8, 4) is 5.75 Å². The van der Waals surface area contributed by atoms with Crippen molar-refractivity contribution in [3.63, 3.8) is 0 Å². The summed E-state index contributed by atoms with van der Waals surface area (Å²) < 4.78 is 6.96. The summed E-state index contributed by atoms with van der Waals surface area (Å²) in [6, 6.07) is 8.04. The number of likely N-dealkylation sites (tertiary alicyclic amines) is 1. The summed E-state index contributed by atoms with van der Waals surface area (Å²) in [6.07, 6.45) is 2.34. The third kappa shape index (κ3) is 5.62. The summed E-state index contributed by atoms with van der Waals surface area (Å²) in [7, 11) is 1.67. The first-order valence-corrected chi connectivity index (χ1v) is 11.4. The van der Waals surface area contributed by atoms with Crippen LogP contribution in [-0.4, -0.2) is 47.0 Å². The Bertz CT molecular complexity index is 721. The Morgan fingerprint density at radius 3 is 2.69 bits per heavy atom. The van der Waals surface area contributed by atoms with Crippen LogP contribution in [0, 0.1) is 5.92 Å². The van der Waals surface area contributed by atoms with Gasteiger partial charge >= 0.3 is 0 Å². The number of hydrogen-bond donors (Lipinski definition) is 0. The van der Waals surface area contributed by atoms with Crippen molar-refractivity contribution in [1.82, 2.24) is 15.1 Å². The van der Waals surface area contributed by atoms with Crippen LogP contribution in [0.2, 0.25) is 0 Å². The van der Waals surface area contributed by atoms with E-state index in [9.17, 15) is 4.79 Å². The highest BCUT2D eigenvalue weighted by Gasteiger charge is 2.21. The molecule has 1 unspecified atom stereocenters. The number of nitrogens with zero attached hydrogens (tertiary/aromatic N) is 3. The molecule has 0 radical (unpaired) electrons. The molecule has 5 nitrogen and oxygen atoms in total. The number of carbonyl (C=O) groups excluding carboxylic acids is 1. The summed E-state index contributed by atoms with van der Waals surface area (Å²) in [5, 5.41) is 8.44. The lowest BCUT2D eigenvalue weighted by Gasteiger charge is -2.30. The predicted molar refractivity (Wildman–Crippen MR) is 108 cm³/mol. The van der Waals surface area contributed by atoms with Crippen LogP contribution in [0.4, 0.5) is 0 Å². The lowest BCUT2D eigenvalue weighted by Crippen LogP contribution is -2.40. The third-order valence-corrected chi connectivity index (χ3v) is 7.48. The van der Waals surface area contributed by atoms with Gasteiger partial charge in [0.2, 0.25) is 5.91 Å². The molecule has 1 fully saturated rings. The first-order valence-electron chi connectivity index (χ1n) is 8.64. The Labute approximate surface area is 166 Å². The van der Waals surface area contributed by atoms with E-state index in [4.69, 9.17) is 4.74 Å². The number of methoxy groups -OCH3 is 1. The molecule has 1 amide bonds. The van der Waals surface area contributed by atoms with Gasteiger partial charge in [0, 0.05) is 18.8 Å². The molecule has 26 heavy (non-hydrogen) atoms. The average molecular weight is 410 g/mol. The van der Waals surface area contributed by atoms with Crippen molar-refractivity contribution in [2.45, 2.75) is 34.2 Å². The van der Waals surface area contributed by atoms with Gasteiger partial charge in [-0.1, -0.05) is 53.9 Å². The molecule has 1 saturated heterocycles. The second-order valence-corrected chi connectivity index (χ2v) is 9.77. The van der Waals surface area contributed by atoms with Crippen LogP contribution in [0.25, 0.3) is 0 Å². The smallest absolute Gasteiger partial charge is 0.233 e. The monoisotopic (exact) mass is 409 g/mol. The van der Waals surface area contributed by atoms with E-state index in [1.165, 1.54) is 23.7 Å². The van der Waals surface area contributed by atoms with Crippen molar-refractivity contribution in [1.29, 1.82) is 0 Å². The molecule has 1 aliphatic rings. The molecule has 8 heteroatoms. The molecule has 2 heterocycles. The zero-order valence-electron chi connectivity index (χ0n) is 15.0. The maximum absolute atomic E-state index is 12.3. The van der Waals surface area contributed by atoms with Gasteiger partial charge in [0.25, 0.3) is 0 Å². The molecule has 0 saturated carbocycles. The Balaban J connectivity index is 1.44. The van der Waals surface area contributed by atoms with Gasteiger partial charge in [-0.3, -0.25) is 4.79 Å². The molecular weight excluding hydrogens is 386 g/mol. The number of benzene rings is 1. The van der Waals surface area contributed by atoms with Gasteiger partial charge in [0.15, 0.2) is 8.68 Å². The van der Waals surface area contributed by atoms with Crippen LogP contribution in [0.1, 0.15) is 25.3 Å². The number of amides is 1.